The van der Waals surface area contributed by atoms with Crippen LogP contribution >= 0.6 is 0 Å². The highest BCUT2D eigenvalue weighted by atomic mass is 16.5. The zero-order valence-electron chi connectivity index (χ0n) is 18.2. The van der Waals surface area contributed by atoms with Crippen LogP contribution in [0.2, 0.25) is 0 Å². The van der Waals surface area contributed by atoms with Crippen LogP contribution in [0.3, 0.4) is 0 Å². The van der Waals surface area contributed by atoms with Crippen molar-refractivity contribution in [2.45, 2.75) is 31.8 Å². The molecule has 2 atom stereocenters. The van der Waals surface area contributed by atoms with Crippen LogP contribution in [0.4, 0.5) is 0 Å². The molecule has 2 fully saturated rings. The van der Waals surface area contributed by atoms with E-state index in [1.54, 1.807) is 14.2 Å². The lowest BCUT2D eigenvalue weighted by Crippen LogP contribution is -2.45. The van der Waals surface area contributed by atoms with E-state index < -0.39 is 5.41 Å². The van der Waals surface area contributed by atoms with Gasteiger partial charge >= 0.3 is 0 Å². The van der Waals surface area contributed by atoms with Crippen molar-refractivity contribution in [1.82, 2.24) is 10.2 Å². The van der Waals surface area contributed by atoms with Gasteiger partial charge < -0.3 is 19.7 Å². The first-order valence-corrected chi connectivity index (χ1v) is 10.9. The van der Waals surface area contributed by atoms with Crippen molar-refractivity contribution < 1.29 is 19.1 Å². The summed E-state index contributed by atoms with van der Waals surface area (Å²) in [6.07, 6.45) is 2.59. The molecule has 0 spiro atoms. The van der Waals surface area contributed by atoms with E-state index >= 15 is 0 Å². The lowest BCUT2D eigenvalue weighted by atomic mass is 9.79. The maximum atomic E-state index is 12.9. The Bertz CT molecular complexity index is 937. The predicted molar refractivity (Wildman–Crippen MR) is 119 cm³/mol. The van der Waals surface area contributed by atoms with Crippen molar-refractivity contribution in [3.8, 4) is 16.9 Å². The first kappa shape index (κ1) is 21.4. The number of likely N-dealkylation sites (tertiary alicyclic amines) is 1. The maximum Gasteiger partial charge on any atom is 0.251 e. The van der Waals surface area contributed by atoms with Crippen LogP contribution in [-0.2, 0) is 20.7 Å². The number of nitrogens with one attached hydrogen (secondary N) is 1. The number of hydrogen-bond donors (Lipinski definition) is 1. The topological polar surface area (TPSA) is 67.9 Å². The van der Waals surface area contributed by atoms with Crippen LogP contribution in [0.5, 0.6) is 5.75 Å². The van der Waals surface area contributed by atoms with E-state index in [9.17, 15) is 9.59 Å². The van der Waals surface area contributed by atoms with E-state index in [-0.39, 0.29) is 17.9 Å². The number of carbonyl (C=O) groups excluding carboxylic acids is 2. The van der Waals surface area contributed by atoms with Crippen molar-refractivity contribution in [1.29, 1.82) is 0 Å². The summed E-state index contributed by atoms with van der Waals surface area (Å²) in [4.78, 5) is 27.5. The number of para-hydroxylation sites is 1. The summed E-state index contributed by atoms with van der Waals surface area (Å²) in [6.45, 7) is 1.66. The highest BCUT2D eigenvalue weighted by Crippen LogP contribution is 2.37. The summed E-state index contributed by atoms with van der Waals surface area (Å²) in [7, 11) is 3.34. The third-order valence-corrected chi connectivity index (χ3v) is 6.49. The van der Waals surface area contributed by atoms with E-state index in [0.29, 0.717) is 32.5 Å². The van der Waals surface area contributed by atoms with Gasteiger partial charge in [0.1, 0.15) is 11.9 Å². The minimum atomic E-state index is -0.616. The molecule has 0 saturated carbocycles. The van der Waals surface area contributed by atoms with Crippen LogP contribution < -0.4 is 10.1 Å². The number of methoxy groups -OCH3 is 1. The van der Waals surface area contributed by atoms with Gasteiger partial charge in [0, 0.05) is 32.3 Å². The Morgan fingerprint density at radius 2 is 1.97 bits per heavy atom. The van der Waals surface area contributed by atoms with Gasteiger partial charge in [0.15, 0.2) is 0 Å². The second kappa shape index (κ2) is 9.10. The Labute approximate surface area is 183 Å². The monoisotopic (exact) mass is 422 g/mol. The molecule has 0 radical (unpaired) electrons. The largest absolute Gasteiger partial charge is 0.496 e. The average molecular weight is 423 g/mol. The number of ether oxygens (including phenoxy) is 2. The van der Waals surface area contributed by atoms with Gasteiger partial charge in [-0.25, -0.2) is 0 Å². The Hall–Kier alpha value is -2.86. The standard InChI is InChI=1S/C25H30N2O4/c1-26-24(29)25(13-14-27(17-25)23(28)22-8-5-15-31-22)16-18-9-11-19(12-10-18)20-6-3-4-7-21(20)30-2/h3-4,6-7,9-12,22H,5,8,13-17H2,1-2H3,(H,26,29)/t22-,25+/m0/s1. The molecule has 0 aromatic heterocycles. The second-order valence-electron chi connectivity index (χ2n) is 8.44. The van der Waals surface area contributed by atoms with Crippen molar-refractivity contribution in [2.75, 3.05) is 33.9 Å². The van der Waals surface area contributed by atoms with Crippen LogP contribution in [0.15, 0.2) is 48.5 Å². The Morgan fingerprint density at radius 1 is 1.19 bits per heavy atom. The molecule has 0 unspecified atom stereocenters. The number of benzene rings is 2. The number of nitrogens with zero attached hydrogens (tertiary/aromatic N) is 1. The molecule has 2 aliphatic heterocycles. The van der Waals surface area contributed by atoms with E-state index in [1.807, 2.05) is 29.2 Å². The summed E-state index contributed by atoms with van der Waals surface area (Å²) in [5, 5.41) is 2.82. The fourth-order valence-corrected chi connectivity index (χ4v) is 4.79. The Kier molecular flexibility index (Phi) is 6.28. The number of hydrogen-bond acceptors (Lipinski definition) is 4. The minimum Gasteiger partial charge on any atom is -0.496 e. The highest BCUT2D eigenvalue weighted by molar-refractivity contribution is 5.87. The first-order valence-electron chi connectivity index (χ1n) is 10.9. The first-order chi connectivity index (χ1) is 15.1. The van der Waals surface area contributed by atoms with Crippen LogP contribution in [0.25, 0.3) is 11.1 Å². The lowest BCUT2D eigenvalue weighted by Gasteiger charge is -2.28. The smallest absolute Gasteiger partial charge is 0.251 e. The molecule has 2 aliphatic rings. The zero-order chi connectivity index (χ0) is 21.8. The van der Waals surface area contributed by atoms with Crippen molar-refractivity contribution in [2.24, 2.45) is 5.41 Å². The third-order valence-electron chi connectivity index (χ3n) is 6.49. The fourth-order valence-electron chi connectivity index (χ4n) is 4.79. The van der Waals surface area contributed by atoms with E-state index in [0.717, 1.165) is 35.3 Å². The second-order valence-corrected chi connectivity index (χ2v) is 8.44. The van der Waals surface area contributed by atoms with Gasteiger partial charge in [-0.1, -0.05) is 42.5 Å². The molecule has 2 saturated heterocycles. The summed E-state index contributed by atoms with van der Waals surface area (Å²) < 4.78 is 11.0. The van der Waals surface area contributed by atoms with E-state index in [4.69, 9.17) is 9.47 Å². The molecule has 4 rings (SSSR count). The molecule has 0 aliphatic carbocycles. The molecule has 2 aromatic rings. The van der Waals surface area contributed by atoms with Crippen molar-refractivity contribution >= 4 is 11.8 Å². The molecule has 164 valence electrons. The summed E-state index contributed by atoms with van der Waals surface area (Å²) in [5.41, 5.74) is 2.56. The van der Waals surface area contributed by atoms with E-state index in [2.05, 4.69) is 29.6 Å². The molecular formula is C25H30N2O4. The van der Waals surface area contributed by atoms with E-state index in [1.165, 1.54) is 0 Å². The van der Waals surface area contributed by atoms with Gasteiger partial charge in [-0.3, -0.25) is 9.59 Å². The maximum absolute atomic E-state index is 12.9. The molecular weight excluding hydrogens is 392 g/mol. The van der Waals surface area contributed by atoms with Crippen molar-refractivity contribution in [3.63, 3.8) is 0 Å². The minimum absolute atomic E-state index is 0.0102. The molecule has 6 nitrogen and oxygen atoms in total. The molecule has 6 heteroatoms. The van der Waals surface area contributed by atoms with Crippen LogP contribution in [-0.4, -0.2) is 56.7 Å². The summed E-state index contributed by atoms with van der Waals surface area (Å²) in [5.74, 6) is 0.843. The predicted octanol–water partition coefficient (Wildman–Crippen LogP) is 3.05. The molecule has 2 heterocycles. The molecule has 31 heavy (non-hydrogen) atoms. The lowest BCUT2D eigenvalue weighted by molar-refractivity contribution is -0.140. The fraction of sp³-hybridized carbons (Fsp3) is 0.440. The van der Waals surface area contributed by atoms with Gasteiger partial charge in [-0.2, -0.15) is 0 Å². The summed E-state index contributed by atoms with van der Waals surface area (Å²) >= 11 is 0. The quantitative estimate of drug-likeness (QED) is 0.777. The number of rotatable bonds is 6. The highest BCUT2D eigenvalue weighted by Gasteiger charge is 2.46. The molecule has 2 aromatic carbocycles. The van der Waals surface area contributed by atoms with Gasteiger partial charge in [0.25, 0.3) is 5.91 Å². The molecule has 1 N–H and O–H groups in total. The van der Waals surface area contributed by atoms with Gasteiger partial charge in [-0.05, 0) is 42.9 Å². The normalized spacial score (nSPS) is 23.0. The Morgan fingerprint density at radius 3 is 2.65 bits per heavy atom. The van der Waals surface area contributed by atoms with Gasteiger partial charge in [0.2, 0.25) is 5.91 Å². The third kappa shape index (κ3) is 4.30. The SMILES string of the molecule is CNC(=O)[C@@]1(Cc2ccc(-c3ccccc3OC)cc2)CCN(C(=O)[C@@H]2CCCO2)C1. The Balaban J connectivity index is 1.52. The van der Waals surface area contributed by atoms with Crippen LogP contribution in [0.1, 0.15) is 24.8 Å². The molecule has 2 amide bonds. The number of carbonyl (C=O) groups is 2. The van der Waals surface area contributed by atoms with Gasteiger partial charge in [-0.15, -0.1) is 0 Å². The summed E-state index contributed by atoms with van der Waals surface area (Å²) in [6, 6.07) is 16.2. The van der Waals surface area contributed by atoms with Crippen molar-refractivity contribution in [3.05, 3.63) is 54.1 Å². The molecule has 0 bridgehead atoms. The zero-order valence-corrected chi connectivity index (χ0v) is 18.2. The average Bonchev–Trinajstić information content (AvgIpc) is 3.50. The van der Waals surface area contributed by atoms with Gasteiger partial charge in [0.05, 0.1) is 12.5 Å². The number of amides is 2. The van der Waals surface area contributed by atoms with Crippen LogP contribution in [0, 0.1) is 5.41 Å².